The minimum Gasteiger partial charge on any atom is -0.465 e. The molecule has 0 atom stereocenters. The van der Waals surface area contributed by atoms with E-state index >= 15 is 0 Å². The van der Waals surface area contributed by atoms with Gasteiger partial charge in [0.2, 0.25) is 0 Å². The summed E-state index contributed by atoms with van der Waals surface area (Å²) in [5.41, 5.74) is -0.267. The molecule has 3 heteroatoms. The van der Waals surface area contributed by atoms with E-state index in [0.29, 0.717) is 12.6 Å². The SMILES string of the molecule is CCOC(=O)C1(NC2CC2)CC1. The quantitative estimate of drug-likeness (QED) is 0.634. The Labute approximate surface area is 72.5 Å². The molecule has 0 aromatic carbocycles. The van der Waals surface area contributed by atoms with Crippen molar-refractivity contribution in [1.29, 1.82) is 0 Å². The van der Waals surface area contributed by atoms with E-state index in [9.17, 15) is 4.79 Å². The fourth-order valence-electron chi connectivity index (χ4n) is 1.42. The van der Waals surface area contributed by atoms with Crippen LogP contribution in [0.25, 0.3) is 0 Å². The molecule has 0 spiro atoms. The maximum Gasteiger partial charge on any atom is 0.326 e. The first-order valence-corrected chi connectivity index (χ1v) is 4.72. The molecule has 0 amide bonds. The van der Waals surface area contributed by atoms with Crippen molar-refractivity contribution in [3.8, 4) is 0 Å². The fourth-order valence-corrected chi connectivity index (χ4v) is 1.42. The van der Waals surface area contributed by atoms with Gasteiger partial charge in [-0.3, -0.25) is 10.1 Å². The second-order valence-electron chi connectivity index (χ2n) is 3.72. The topological polar surface area (TPSA) is 38.3 Å². The zero-order chi connectivity index (χ0) is 8.60. The van der Waals surface area contributed by atoms with Crippen LogP contribution >= 0.6 is 0 Å². The van der Waals surface area contributed by atoms with E-state index in [2.05, 4.69) is 5.32 Å². The summed E-state index contributed by atoms with van der Waals surface area (Å²) in [5, 5.41) is 3.35. The van der Waals surface area contributed by atoms with Crippen LogP contribution in [-0.2, 0) is 9.53 Å². The van der Waals surface area contributed by atoms with E-state index in [1.54, 1.807) is 0 Å². The Balaban J connectivity index is 1.86. The van der Waals surface area contributed by atoms with Gasteiger partial charge < -0.3 is 4.74 Å². The smallest absolute Gasteiger partial charge is 0.326 e. The number of esters is 1. The summed E-state index contributed by atoms with van der Waals surface area (Å²) in [6.07, 6.45) is 4.37. The average Bonchev–Trinajstić information content (AvgIpc) is 2.87. The number of rotatable bonds is 4. The van der Waals surface area contributed by atoms with E-state index in [-0.39, 0.29) is 11.5 Å². The molecule has 0 aliphatic heterocycles. The Kier molecular flexibility index (Phi) is 1.83. The molecule has 0 unspecified atom stereocenters. The first-order chi connectivity index (χ1) is 5.77. The number of nitrogens with one attached hydrogen (secondary N) is 1. The van der Waals surface area contributed by atoms with Gasteiger partial charge in [0, 0.05) is 6.04 Å². The number of carbonyl (C=O) groups is 1. The third-order valence-electron chi connectivity index (χ3n) is 2.47. The molecule has 0 aromatic heterocycles. The molecule has 0 bridgehead atoms. The third kappa shape index (κ3) is 1.46. The van der Waals surface area contributed by atoms with Crippen LogP contribution in [0.3, 0.4) is 0 Å². The molecule has 2 rings (SSSR count). The minimum absolute atomic E-state index is 0.0445. The highest BCUT2D eigenvalue weighted by molar-refractivity contribution is 5.84. The molecule has 2 saturated carbocycles. The molecule has 0 radical (unpaired) electrons. The first-order valence-electron chi connectivity index (χ1n) is 4.72. The van der Waals surface area contributed by atoms with Gasteiger partial charge in [-0.1, -0.05) is 0 Å². The lowest BCUT2D eigenvalue weighted by Crippen LogP contribution is -2.41. The maximum absolute atomic E-state index is 11.4. The normalized spacial score (nSPS) is 25.1. The highest BCUT2D eigenvalue weighted by Crippen LogP contribution is 2.39. The molecule has 1 N–H and O–H groups in total. The van der Waals surface area contributed by atoms with Crippen molar-refractivity contribution in [1.82, 2.24) is 5.32 Å². The molecular formula is C9H15NO2. The number of carbonyl (C=O) groups excluding carboxylic acids is 1. The van der Waals surface area contributed by atoms with Crippen molar-refractivity contribution in [2.75, 3.05) is 6.61 Å². The Morgan fingerprint density at radius 2 is 2.25 bits per heavy atom. The molecule has 68 valence electrons. The lowest BCUT2D eigenvalue weighted by molar-refractivity contribution is -0.147. The van der Waals surface area contributed by atoms with Crippen molar-refractivity contribution < 1.29 is 9.53 Å². The summed E-state index contributed by atoms with van der Waals surface area (Å²) in [6.45, 7) is 2.35. The molecule has 3 nitrogen and oxygen atoms in total. The highest BCUT2D eigenvalue weighted by atomic mass is 16.5. The van der Waals surface area contributed by atoms with Gasteiger partial charge in [-0.15, -0.1) is 0 Å². The van der Waals surface area contributed by atoms with Crippen molar-refractivity contribution >= 4 is 5.97 Å². The van der Waals surface area contributed by atoms with Gasteiger partial charge in [-0.2, -0.15) is 0 Å². The van der Waals surface area contributed by atoms with Crippen LogP contribution in [0.1, 0.15) is 32.6 Å². The van der Waals surface area contributed by atoms with Crippen LogP contribution in [0.15, 0.2) is 0 Å². The number of hydrogen-bond donors (Lipinski definition) is 1. The standard InChI is InChI=1S/C9H15NO2/c1-2-12-8(11)9(5-6-9)10-7-3-4-7/h7,10H,2-6H2,1H3. The van der Waals surface area contributed by atoms with E-state index < -0.39 is 0 Å². The van der Waals surface area contributed by atoms with Crippen LogP contribution < -0.4 is 5.32 Å². The van der Waals surface area contributed by atoms with Crippen molar-refractivity contribution in [3.63, 3.8) is 0 Å². The predicted octanol–water partition coefficient (Wildman–Crippen LogP) is 0.834. The molecule has 2 aliphatic rings. The second kappa shape index (κ2) is 2.73. The van der Waals surface area contributed by atoms with E-state index in [1.807, 2.05) is 6.92 Å². The van der Waals surface area contributed by atoms with Gasteiger partial charge in [0.15, 0.2) is 0 Å². The summed E-state index contributed by atoms with van der Waals surface area (Å²) in [6, 6.07) is 0.594. The molecule has 0 aromatic rings. The zero-order valence-electron chi connectivity index (χ0n) is 7.43. The maximum atomic E-state index is 11.4. The van der Waals surface area contributed by atoms with E-state index in [4.69, 9.17) is 4.74 Å². The van der Waals surface area contributed by atoms with Crippen LogP contribution in [0.5, 0.6) is 0 Å². The van der Waals surface area contributed by atoms with Gasteiger partial charge in [0.1, 0.15) is 5.54 Å². The van der Waals surface area contributed by atoms with Gasteiger partial charge in [0.05, 0.1) is 6.61 Å². The Morgan fingerprint density at radius 1 is 1.58 bits per heavy atom. The van der Waals surface area contributed by atoms with Crippen molar-refractivity contribution in [2.45, 2.75) is 44.2 Å². The zero-order valence-corrected chi connectivity index (χ0v) is 7.43. The first kappa shape index (κ1) is 8.05. The molecule has 12 heavy (non-hydrogen) atoms. The van der Waals surface area contributed by atoms with Crippen LogP contribution in [0.2, 0.25) is 0 Å². The largest absolute Gasteiger partial charge is 0.465 e. The van der Waals surface area contributed by atoms with Crippen LogP contribution in [0.4, 0.5) is 0 Å². The summed E-state index contributed by atoms with van der Waals surface area (Å²) in [5.74, 6) is -0.0445. The van der Waals surface area contributed by atoms with Crippen molar-refractivity contribution in [3.05, 3.63) is 0 Å². The molecule has 2 fully saturated rings. The predicted molar refractivity (Wildman–Crippen MR) is 44.8 cm³/mol. The lowest BCUT2D eigenvalue weighted by Gasteiger charge is -2.14. The average molecular weight is 169 g/mol. The molecule has 0 saturated heterocycles. The second-order valence-corrected chi connectivity index (χ2v) is 3.72. The van der Waals surface area contributed by atoms with Gasteiger partial charge >= 0.3 is 5.97 Å². The Bertz CT molecular complexity index is 195. The van der Waals surface area contributed by atoms with Crippen molar-refractivity contribution in [2.24, 2.45) is 0 Å². The van der Waals surface area contributed by atoms with Gasteiger partial charge in [0.25, 0.3) is 0 Å². The number of hydrogen-bond acceptors (Lipinski definition) is 3. The molecular weight excluding hydrogens is 154 g/mol. The Hall–Kier alpha value is -0.570. The van der Waals surface area contributed by atoms with E-state index in [0.717, 1.165) is 12.8 Å². The van der Waals surface area contributed by atoms with E-state index in [1.165, 1.54) is 12.8 Å². The van der Waals surface area contributed by atoms with Gasteiger partial charge in [-0.05, 0) is 32.6 Å². The third-order valence-corrected chi connectivity index (χ3v) is 2.47. The van der Waals surface area contributed by atoms with Crippen LogP contribution in [0, 0.1) is 0 Å². The van der Waals surface area contributed by atoms with Gasteiger partial charge in [-0.25, -0.2) is 0 Å². The van der Waals surface area contributed by atoms with Crippen LogP contribution in [-0.4, -0.2) is 24.2 Å². The summed E-state index contributed by atoms with van der Waals surface area (Å²) < 4.78 is 5.00. The molecule has 0 heterocycles. The summed E-state index contributed by atoms with van der Waals surface area (Å²) >= 11 is 0. The Morgan fingerprint density at radius 3 is 2.67 bits per heavy atom. The number of ether oxygens (including phenoxy) is 1. The monoisotopic (exact) mass is 169 g/mol. The molecule has 2 aliphatic carbocycles. The summed E-state index contributed by atoms with van der Waals surface area (Å²) in [4.78, 5) is 11.4. The highest BCUT2D eigenvalue weighted by Gasteiger charge is 2.53. The summed E-state index contributed by atoms with van der Waals surface area (Å²) in [7, 11) is 0. The lowest BCUT2D eigenvalue weighted by atomic mass is 10.3. The minimum atomic E-state index is -0.267. The fraction of sp³-hybridized carbons (Fsp3) is 0.889.